The third-order valence-corrected chi connectivity index (χ3v) is 3.20. The molecule has 0 aromatic heterocycles. The summed E-state index contributed by atoms with van der Waals surface area (Å²) < 4.78 is 5.23. The molecule has 1 fully saturated rings. The molecule has 0 aromatic carbocycles. The third kappa shape index (κ3) is 5.07. The Morgan fingerprint density at radius 2 is 1.94 bits per heavy atom. The van der Waals surface area contributed by atoms with Crippen molar-refractivity contribution in [2.75, 3.05) is 0 Å². The molecule has 4 heteroatoms. The molecule has 1 aliphatic carbocycles. The lowest BCUT2D eigenvalue weighted by Gasteiger charge is -2.29. The van der Waals surface area contributed by atoms with Gasteiger partial charge in [0.25, 0.3) is 0 Å². The van der Waals surface area contributed by atoms with Crippen LogP contribution in [0.4, 0.5) is 4.79 Å². The molecule has 0 unspecified atom stereocenters. The summed E-state index contributed by atoms with van der Waals surface area (Å²) in [6.07, 6.45) is 3.86. The van der Waals surface area contributed by atoms with Crippen LogP contribution in [0.2, 0.25) is 0 Å². The quantitative estimate of drug-likeness (QED) is 0.843. The number of nitrogens with one attached hydrogen (secondary N) is 1. The van der Waals surface area contributed by atoms with Crippen LogP contribution in [-0.4, -0.2) is 23.5 Å². The minimum Gasteiger partial charge on any atom is -0.444 e. The van der Waals surface area contributed by atoms with Crippen LogP contribution in [0.15, 0.2) is 0 Å². The maximum Gasteiger partial charge on any atom is 0.407 e. The second kappa shape index (κ2) is 6.21. The summed E-state index contributed by atoms with van der Waals surface area (Å²) in [5, 5.41) is 2.87. The number of amides is 1. The van der Waals surface area contributed by atoms with Gasteiger partial charge in [-0.3, -0.25) is 4.79 Å². The van der Waals surface area contributed by atoms with Crippen LogP contribution in [0, 0.1) is 5.92 Å². The normalized spacial score (nSPS) is 24.4. The van der Waals surface area contributed by atoms with Gasteiger partial charge < -0.3 is 10.1 Å². The summed E-state index contributed by atoms with van der Waals surface area (Å²) in [6.45, 7) is 7.43. The first-order valence-electron chi connectivity index (χ1n) is 6.84. The summed E-state index contributed by atoms with van der Waals surface area (Å²) in [5.41, 5.74) is -0.475. The Labute approximate surface area is 109 Å². The molecule has 1 N–H and O–H groups in total. The molecule has 1 rings (SSSR count). The van der Waals surface area contributed by atoms with Gasteiger partial charge in [-0.15, -0.1) is 0 Å². The lowest BCUT2D eigenvalue weighted by atomic mass is 9.82. The van der Waals surface area contributed by atoms with Crippen molar-refractivity contribution in [1.82, 2.24) is 5.32 Å². The Morgan fingerprint density at radius 1 is 1.28 bits per heavy atom. The molecular formula is C14H25NO3. The van der Waals surface area contributed by atoms with E-state index in [1.807, 2.05) is 27.7 Å². The Balaban J connectivity index is 2.43. The summed E-state index contributed by atoms with van der Waals surface area (Å²) in [6, 6.07) is 0.0779. The van der Waals surface area contributed by atoms with Crippen molar-refractivity contribution in [2.45, 2.75) is 71.4 Å². The molecule has 2 atom stereocenters. The number of hydrogen-bond donors (Lipinski definition) is 1. The van der Waals surface area contributed by atoms with E-state index >= 15 is 0 Å². The lowest BCUT2D eigenvalue weighted by Crippen LogP contribution is -2.42. The molecule has 0 spiro atoms. The predicted octanol–water partition coefficient (Wildman–Crippen LogP) is 3.05. The van der Waals surface area contributed by atoms with Crippen molar-refractivity contribution in [2.24, 2.45) is 5.92 Å². The molecule has 0 saturated heterocycles. The van der Waals surface area contributed by atoms with E-state index in [9.17, 15) is 9.59 Å². The highest BCUT2D eigenvalue weighted by molar-refractivity contribution is 5.80. The van der Waals surface area contributed by atoms with Crippen molar-refractivity contribution in [3.8, 4) is 0 Å². The van der Waals surface area contributed by atoms with Gasteiger partial charge in [-0.05, 0) is 40.0 Å². The predicted molar refractivity (Wildman–Crippen MR) is 70.4 cm³/mol. The highest BCUT2D eigenvalue weighted by Gasteiger charge is 2.28. The van der Waals surface area contributed by atoms with Gasteiger partial charge in [0.15, 0.2) is 0 Å². The van der Waals surface area contributed by atoms with Crippen LogP contribution in [-0.2, 0) is 9.53 Å². The number of Topliss-reactive ketones (excluding diaryl/α,β-unsaturated/α-hetero) is 1. The van der Waals surface area contributed by atoms with E-state index in [1.54, 1.807) is 0 Å². The summed E-state index contributed by atoms with van der Waals surface area (Å²) >= 11 is 0. The number of alkyl carbamates (subject to hydrolysis) is 1. The number of carbonyl (C=O) groups excluding carboxylic acids is 2. The molecular weight excluding hydrogens is 230 g/mol. The molecule has 0 bridgehead atoms. The van der Waals surface area contributed by atoms with Gasteiger partial charge in [-0.1, -0.05) is 13.3 Å². The molecule has 4 nitrogen and oxygen atoms in total. The van der Waals surface area contributed by atoms with Gasteiger partial charge >= 0.3 is 6.09 Å². The van der Waals surface area contributed by atoms with E-state index in [4.69, 9.17) is 4.74 Å². The zero-order valence-electron chi connectivity index (χ0n) is 11.9. The molecule has 104 valence electrons. The van der Waals surface area contributed by atoms with Crippen LogP contribution in [0.5, 0.6) is 0 Å². The van der Waals surface area contributed by atoms with Crippen molar-refractivity contribution < 1.29 is 14.3 Å². The molecule has 0 radical (unpaired) electrons. The van der Waals surface area contributed by atoms with Gasteiger partial charge in [0.2, 0.25) is 0 Å². The van der Waals surface area contributed by atoms with Crippen molar-refractivity contribution >= 4 is 11.9 Å². The van der Waals surface area contributed by atoms with Crippen LogP contribution in [0.25, 0.3) is 0 Å². The van der Waals surface area contributed by atoms with Crippen molar-refractivity contribution in [1.29, 1.82) is 0 Å². The van der Waals surface area contributed by atoms with Crippen LogP contribution in [0.1, 0.15) is 59.8 Å². The standard InChI is InChI=1S/C14H25NO3/c1-5-12(16)10-7-6-8-11(9-10)15-13(17)18-14(2,3)4/h10-11H,5-9H2,1-4H3,(H,15,17)/t10-,11+/m0/s1. The van der Waals surface area contributed by atoms with Gasteiger partial charge in [-0.2, -0.15) is 0 Å². The smallest absolute Gasteiger partial charge is 0.407 e. The molecule has 0 aromatic rings. The number of rotatable bonds is 3. The first kappa shape index (κ1) is 15.0. The largest absolute Gasteiger partial charge is 0.444 e. The van der Waals surface area contributed by atoms with Crippen LogP contribution < -0.4 is 5.32 Å². The monoisotopic (exact) mass is 255 g/mol. The number of ketones is 1. The highest BCUT2D eigenvalue weighted by Crippen LogP contribution is 2.26. The maximum absolute atomic E-state index is 11.7. The Morgan fingerprint density at radius 3 is 2.50 bits per heavy atom. The third-order valence-electron chi connectivity index (χ3n) is 3.20. The lowest BCUT2D eigenvalue weighted by molar-refractivity contribution is -0.123. The van der Waals surface area contributed by atoms with E-state index in [-0.39, 0.29) is 18.1 Å². The topological polar surface area (TPSA) is 55.4 Å². The van der Waals surface area contributed by atoms with Crippen LogP contribution in [0.3, 0.4) is 0 Å². The second-order valence-corrected chi connectivity index (χ2v) is 6.03. The van der Waals surface area contributed by atoms with Crippen LogP contribution >= 0.6 is 0 Å². The van der Waals surface area contributed by atoms with Gasteiger partial charge in [0.1, 0.15) is 11.4 Å². The van der Waals surface area contributed by atoms with Gasteiger partial charge in [-0.25, -0.2) is 4.79 Å². The average molecular weight is 255 g/mol. The minimum atomic E-state index is -0.475. The Bertz CT molecular complexity index is 307. The number of carbonyl (C=O) groups is 2. The average Bonchev–Trinajstić information content (AvgIpc) is 2.25. The minimum absolute atomic E-state index is 0.0779. The molecule has 1 aliphatic rings. The van der Waals surface area contributed by atoms with Crippen molar-refractivity contribution in [3.05, 3.63) is 0 Å². The molecule has 18 heavy (non-hydrogen) atoms. The van der Waals surface area contributed by atoms with E-state index < -0.39 is 5.60 Å². The zero-order valence-corrected chi connectivity index (χ0v) is 11.9. The fourth-order valence-electron chi connectivity index (χ4n) is 2.38. The summed E-state index contributed by atoms with van der Waals surface area (Å²) in [7, 11) is 0. The van der Waals surface area contributed by atoms with Gasteiger partial charge in [0, 0.05) is 18.4 Å². The first-order chi connectivity index (χ1) is 8.31. The Kier molecular flexibility index (Phi) is 5.17. The summed E-state index contributed by atoms with van der Waals surface area (Å²) in [4.78, 5) is 23.3. The van der Waals surface area contributed by atoms with E-state index in [0.717, 1.165) is 25.7 Å². The van der Waals surface area contributed by atoms with Gasteiger partial charge in [0.05, 0.1) is 0 Å². The maximum atomic E-state index is 11.7. The summed E-state index contributed by atoms with van der Waals surface area (Å²) in [5.74, 6) is 0.425. The molecule has 1 saturated carbocycles. The molecule has 1 amide bonds. The number of hydrogen-bond acceptors (Lipinski definition) is 3. The fraction of sp³-hybridized carbons (Fsp3) is 0.857. The van der Waals surface area contributed by atoms with E-state index in [0.29, 0.717) is 12.2 Å². The second-order valence-electron chi connectivity index (χ2n) is 6.03. The van der Waals surface area contributed by atoms with Crippen molar-refractivity contribution in [3.63, 3.8) is 0 Å². The molecule has 0 heterocycles. The molecule has 0 aliphatic heterocycles. The zero-order chi connectivity index (χ0) is 13.8. The van der Waals surface area contributed by atoms with E-state index in [2.05, 4.69) is 5.32 Å². The highest BCUT2D eigenvalue weighted by atomic mass is 16.6. The van der Waals surface area contributed by atoms with E-state index in [1.165, 1.54) is 0 Å². The first-order valence-corrected chi connectivity index (χ1v) is 6.84. The number of ether oxygens (including phenoxy) is 1. The Hall–Kier alpha value is -1.06. The fourth-order valence-corrected chi connectivity index (χ4v) is 2.38. The SMILES string of the molecule is CCC(=O)[C@H]1CCC[C@@H](NC(=O)OC(C)(C)C)C1.